The maximum absolute atomic E-state index is 12.5. The van der Waals surface area contributed by atoms with Gasteiger partial charge in [0.05, 0.1) is 12.6 Å². The second-order valence-corrected chi connectivity index (χ2v) is 6.74. The van der Waals surface area contributed by atoms with E-state index in [0.29, 0.717) is 11.3 Å². The molecule has 2 amide bonds. The molecule has 0 aromatic heterocycles. The topological polar surface area (TPSA) is 117 Å². The molecule has 2 aromatic rings. The van der Waals surface area contributed by atoms with Crippen LogP contribution in [0.25, 0.3) is 0 Å². The predicted molar refractivity (Wildman–Crippen MR) is 104 cm³/mol. The molecule has 0 aliphatic carbocycles. The quantitative estimate of drug-likeness (QED) is 0.559. The molecule has 0 unspecified atom stereocenters. The predicted octanol–water partition coefficient (Wildman–Crippen LogP) is 0.447. The van der Waals surface area contributed by atoms with Gasteiger partial charge in [-0.25, -0.2) is 0 Å². The molecule has 5 atom stereocenters. The smallest absolute Gasteiger partial charge is 0.251 e. The first kappa shape index (κ1) is 20.8. The van der Waals surface area contributed by atoms with Crippen LogP contribution in [0.1, 0.15) is 17.3 Å². The number of aliphatic hydroxyl groups is 2. The lowest BCUT2D eigenvalue weighted by atomic mass is 9.93. The van der Waals surface area contributed by atoms with Crippen molar-refractivity contribution in [2.75, 3.05) is 6.61 Å². The van der Waals surface area contributed by atoms with Gasteiger partial charge in [0.1, 0.15) is 24.0 Å². The highest BCUT2D eigenvalue weighted by Crippen LogP contribution is 2.24. The lowest BCUT2D eigenvalue weighted by molar-refractivity contribution is -0.213. The van der Waals surface area contributed by atoms with Crippen molar-refractivity contribution in [1.29, 1.82) is 0 Å². The van der Waals surface area contributed by atoms with Crippen molar-refractivity contribution in [1.82, 2.24) is 10.6 Å². The second-order valence-electron chi connectivity index (χ2n) is 6.74. The molecule has 4 N–H and O–H groups in total. The number of ether oxygens (including phenoxy) is 2. The zero-order valence-electron chi connectivity index (χ0n) is 15.9. The standard InChI is InChI=1S/C21H24N2O6/c1-13(25)22-18-19(26)17(23-20(27)14-8-4-2-5-9-14)16(12-24)29-21(18)28-15-10-6-3-7-11-15/h2-11,16-19,21,24,26H,12H2,1H3,(H,22,25)(H,23,27)/t16-,17+,18-,19+,21-/m1/s1. The molecule has 1 aliphatic rings. The minimum absolute atomic E-state index is 0.394. The van der Waals surface area contributed by atoms with Gasteiger partial charge in [-0.15, -0.1) is 0 Å². The summed E-state index contributed by atoms with van der Waals surface area (Å²) in [6.07, 6.45) is -3.25. The van der Waals surface area contributed by atoms with Gasteiger partial charge in [-0.3, -0.25) is 9.59 Å². The zero-order chi connectivity index (χ0) is 20.8. The number of hydrogen-bond acceptors (Lipinski definition) is 6. The summed E-state index contributed by atoms with van der Waals surface area (Å²) < 4.78 is 11.6. The molecule has 3 rings (SSSR count). The van der Waals surface area contributed by atoms with Crippen molar-refractivity contribution in [2.45, 2.75) is 37.5 Å². The minimum Gasteiger partial charge on any atom is -0.463 e. The van der Waals surface area contributed by atoms with Gasteiger partial charge < -0.3 is 30.3 Å². The van der Waals surface area contributed by atoms with Crippen molar-refractivity contribution in [3.8, 4) is 5.75 Å². The summed E-state index contributed by atoms with van der Waals surface area (Å²) in [6.45, 7) is 0.847. The van der Waals surface area contributed by atoms with E-state index in [1.165, 1.54) is 6.92 Å². The lowest BCUT2D eigenvalue weighted by Gasteiger charge is -2.44. The summed E-state index contributed by atoms with van der Waals surface area (Å²) in [7, 11) is 0. The first-order chi connectivity index (χ1) is 14.0. The Balaban J connectivity index is 1.81. The average molecular weight is 400 g/mol. The Morgan fingerprint density at radius 1 is 1.00 bits per heavy atom. The summed E-state index contributed by atoms with van der Waals surface area (Å²) in [5.74, 6) is -0.348. The van der Waals surface area contributed by atoms with E-state index >= 15 is 0 Å². The highest BCUT2D eigenvalue weighted by atomic mass is 16.7. The van der Waals surface area contributed by atoms with Crippen LogP contribution in [-0.4, -0.2) is 59.2 Å². The number of para-hydroxylation sites is 1. The number of benzene rings is 2. The van der Waals surface area contributed by atoms with Crippen molar-refractivity contribution < 1.29 is 29.3 Å². The van der Waals surface area contributed by atoms with E-state index < -0.39 is 49.0 Å². The van der Waals surface area contributed by atoms with Crippen molar-refractivity contribution in [3.05, 3.63) is 66.2 Å². The molecule has 1 saturated heterocycles. The highest BCUT2D eigenvalue weighted by Gasteiger charge is 2.47. The van der Waals surface area contributed by atoms with Gasteiger partial charge in [0.15, 0.2) is 0 Å². The summed E-state index contributed by atoms with van der Waals surface area (Å²) in [5, 5.41) is 26.0. The van der Waals surface area contributed by atoms with Crippen LogP contribution < -0.4 is 15.4 Å². The summed E-state index contributed by atoms with van der Waals surface area (Å²) >= 11 is 0. The molecule has 2 aromatic carbocycles. The van der Waals surface area contributed by atoms with Crippen LogP contribution in [0.4, 0.5) is 0 Å². The molecule has 1 aliphatic heterocycles. The van der Waals surface area contributed by atoms with Gasteiger partial charge in [-0.1, -0.05) is 36.4 Å². The van der Waals surface area contributed by atoms with Gasteiger partial charge in [0, 0.05) is 12.5 Å². The van der Waals surface area contributed by atoms with Gasteiger partial charge in [-0.05, 0) is 24.3 Å². The van der Waals surface area contributed by atoms with Crippen molar-refractivity contribution in [3.63, 3.8) is 0 Å². The maximum atomic E-state index is 12.5. The van der Waals surface area contributed by atoms with Crippen LogP contribution >= 0.6 is 0 Å². The van der Waals surface area contributed by atoms with E-state index in [1.54, 1.807) is 54.6 Å². The second kappa shape index (κ2) is 9.51. The van der Waals surface area contributed by atoms with E-state index in [9.17, 15) is 19.8 Å². The van der Waals surface area contributed by atoms with Crippen LogP contribution in [0.15, 0.2) is 60.7 Å². The minimum atomic E-state index is -1.26. The molecule has 29 heavy (non-hydrogen) atoms. The largest absolute Gasteiger partial charge is 0.463 e. The highest BCUT2D eigenvalue weighted by molar-refractivity contribution is 5.94. The van der Waals surface area contributed by atoms with E-state index in [-0.39, 0.29) is 0 Å². The van der Waals surface area contributed by atoms with Gasteiger partial charge in [-0.2, -0.15) is 0 Å². The first-order valence-corrected chi connectivity index (χ1v) is 9.28. The van der Waals surface area contributed by atoms with Gasteiger partial charge in [0.2, 0.25) is 12.2 Å². The molecule has 0 spiro atoms. The van der Waals surface area contributed by atoms with Crippen LogP contribution in [0.5, 0.6) is 5.75 Å². The molecule has 1 fully saturated rings. The third-order valence-electron chi connectivity index (χ3n) is 4.62. The average Bonchev–Trinajstić information content (AvgIpc) is 2.73. The van der Waals surface area contributed by atoms with E-state index in [4.69, 9.17) is 9.47 Å². The number of rotatable bonds is 6. The zero-order valence-corrected chi connectivity index (χ0v) is 15.9. The van der Waals surface area contributed by atoms with Crippen molar-refractivity contribution in [2.24, 2.45) is 0 Å². The Kier molecular flexibility index (Phi) is 6.82. The Bertz CT molecular complexity index is 814. The lowest BCUT2D eigenvalue weighted by Crippen LogP contribution is -2.69. The number of aliphatic hydroxyl groups excluding tert-OH is 2. The molecular formula is C21H24N2O6. The number of nitrogens with one attached hydrogen (secondary N) is 2. The van der Waals surface area contributed by atoms with Crippen LogP contribution in [0, 0.1) is 0 Å². The monoisotopic (exact) mass is 400 g/mol. The van der Waals surface area contributed by atoms with E-state index in [1.807, 2.05) is 6.07 Å². The molecule has 1 heterocycles. The fourth-order valence-corrected chi connectivity index (χ4v) is 3.23. The molecular weight excluding hydrogens is 376 g/mol. The van der Waals surface area contributed by atoms with Crippen LogP contribution in [0.2, 0.25) is 0 Å². The molecule has 154 valence electrons. The van der Waals surface area contributed by atoms with Crippen molar-refractivity contribution >= 4 is 11.8 Å². The molecule has 0 bridgehead atoms. The molecule has 0 radical (unpaired) electrons. The fourth-order valence-electron chi connectivity index (χ4n) is 3.23. The SMILES string of the molecule is CC(=O)N[C@H]1[C@H](Oc2ccccc2)O[C@H](CO)[C@H](NC(=O)c2ccccc2)[C@@H]1O. The van der Waals surface area contributed by atoms with Crippen LogP contribution in [0.3, 0.4) is 0 Å². The Hall–Kier alpha value is -2.94. The number of carbonyl (C=O) groups excluding carboxylic acids is 2. The summed E-state index contributed by atoms with van der Waals surface area (Å²) in [6, 6.07) is 15.3. The summed E-state index contributed by atoms with van der Waals surface area (Å²) in [5.41, 5.74) is 0.398. The molecule has 0 saturated carbocycles. The normalized spacial score (nSPS) is 26.4. The van der Waals surface area contributed by atoms with E-state index in [0.717, 1.165) is 0 Å². The summed E-state index contributed by atoms with van der Waals surface area (Å²) in [4.78, 5) is 24.2. The fraction of sp³-hybridized carbons (Fsp3) is 0.333. The Morgan fingerprint density at radius 3 is 2.21 bits per heavy atom. The molecule has 8 nitrogen and oxygen atoms in total. The number of hydrogen-bond donors (Lipinski definition) is 4. The van der Waals surface area contributed by atoms with E-state index in [2.05, 4.69) is 10.6 Å². The number of carbonyl (C=O) groups is 2. The Labute approximate surface area is 168 Å². The first-order valence-electron chi connectivity index (χ1n) is 9.28. The maximum Gasteiger partial charge on any atom is 0.251 e. The Morgan fingerprint density at radius 2 is 1.62 bits per heavy atom. The third-order valence-corrected chi connectivity index (χ3v) is 4.62. The van der Waals surface area contributed by atoms with Crippen LogP contribution in [-0.2, 0) is 9.53 Å². The molecule has 8 heteroatoms. The third kappa shape index (κ3) is 5.11. The van der Waals surface area contributed by atoms with Gasteiger partial charge in [0.25, 0.3) is 5.91 Å². The number of amides is 2. The van der Waals surface area contributed by atoms with Gasteiger partial charge >= 0.3 is 0 Å².